The molecule has 0 bridgehead atoms. The Kier molecular flexibility index (Phi) is 5.57. The minimum atomic E-state index is -0.318. The highest BCUT2D eigenvalue weighted by molar-refractivity contribution is 7.80. The molecule has 0 saturated carbocycles. The zero-order chi connectivity index (χ0) is 13.5. The molecule has 0 unspecified atom stereocenters. The molecule has 0 aliphatic rings. The van der Waals surface area contributed by atoms with Crippen LogP contribution in [0.5, 0.6) is 0 Å². The molecule has 1 rings (SSSR count). The van der Waals surface area contributed by atoms with Crippen molar-refractivity contribution in [2.24, 2.45) is 0 Å². The van der Waals surface area contributed by atoms with Crippen LogP contribution in [-0.2, 0) is 6.42 Å². The van der Waals surface area contributed by atoms with Crippen LogP contribution in [0.3, 0.4) is 0 Å². The van der Waals surface area contributed by atoms with E-state index < -0.39 is 0 Å². The number of nitrogens with one attached hydrogen (secondary N) is 4. The third kappa shape index (κ3) is 4.70. The van der Waals surface area contributed by atoms with Crippen LogP contribution in [0.25, 0.3) is 0 Å². The molecule has 18 heavy (non-hydrogen) atoms. The highest BCUT2D eigenvalue weighted by Crippen LogP contribution is 2.01. The highest BCUT2D eigenvalue weighted by atomic mass is 32.1. The van der Waals surface area contributed by atoms with Crippen LogP contribution in [0, 0.1) is 0 Å². The zero-order valence-electron chi connectivity index (χ0n) is 10.8. The summed E-state index contributed by atoms with van der Waals surface area (Å²) in [5.74, 6) is -0.318. The van der Waals surface area contributed by atoms with E-state index in [1.54, 1.807) is 6.07 Å². The Morgan fingerprint density at radius 3 is 2.83 bits per heavy atom. The molecule has 7 heteroatoms. The molecule has 100 valence electrons. The van der Waals surface area contributed by atoms with Gasteiger partial charge in [-0.05, 0) is 38.6 Å². The molecule has 0 fully saturated rings. The van der Waals surface area contributed by atoms with E-state index in [4.69, 9.17) is 12.2 Å². The van der Waals surface area contributed by atoms with E-state index in [9.17, 15) is 4.79 Å². The molecule has 0 aromatic carbocycles. The Labute approximate surface area is 112 Å². The quantitative estimate of drug-likeness (QED) is 0.482. The molecule has 0 aliphatic carbocycles. The zero-order valence-corrected chi connectivity index (χ0v) is 11.6. The number of carbonyl (C=O) groups excluding carboxylic acids is 1. The first-order valence-electron chi connectivity index (χ1n) is 5.94. The maximum absolute atomic E-state index is 11.7. The van der Waals surface area contributed by atoms with Crippen LogP contribution in [0.2, 0.25) is 0 Å². The first-order valence-corrected chi connectivity index (χ1v) is 6.35. The number of rotatable bonds is 4. The van der Waals surface area contributed by atoms with Gasteiger partial charge < -0.3 is 5.32 Å². The molecule has 1 aromatic heterocycles. The lowest BCUT2D eigenvalue weighted by Gasteiger charge is -2.12. The van der Waals surface area contributed by atoms with Gasteiger partial charge in [0.05, 0.1) is 0 Å². The number of thiocarbonyl (C=S) groups is 1. The van der Waals surface area contributed by atoms with E-state index in [-0.39, 0.29) is 11.9 Å². The number of amides is 1. The molecule has 1 amide bonds. The Morgan fingerprint density at radius 1 is 1.50 bits per heavy atom. The average Bonchev–Trinajstić information content (AvgIpc) is 2.74. The monoisotopic (exact) mass is 269 g/mol. The van der Waals surface area contributed by atoms with Crippen molar-refractivity contribution in [1.29, 1.82) is 0 Å². The fourth-order valence-electron chi connectivity index (χ4n) is 1.35. The van der Waals surface area contributed by atoms with Crippen LogP contribution in [0.4, 0.5) is 0 Å². The topological polar surface area (TPSA) is 81.8 Å². The molecule has 1 heterocycles. The molecule has 0 radical (unpaired) electrons. The fourth-order valence-corrected chi connectivity index (χ4v) is 1.64. The maximum atomic E-state index is 11.7. The van der Waals surface area contributed by atoms with Crippen molar-refractivity contribution < 1.29 is 4.79 Å². The molecule has 1 aromatic rings. The van der Waals surface area contributed by atoms with Gasteiger partial charge in [-0.3, -0.25) is 20.7 Å². The second-order valence-electron chi connectivity index (χ2n) is 4.24. The van der Waals surface area contributed by atoms with E-state index in [2.05, 4.69) is 33.3 Å². The average molecular weight is 269 g/mol. The van der Waals surface area contributed by atoms with Gasteiger partial charge in [-0.25, -0.2) is 0 Å². The summed E-state index contributed by atoms with van der Waals surface area (Å²) in [5, 5.41) is 10.1. The van der Waals surface area contributed by atoms with Gasteiger partial charge in [0, 0.05) is 11.7 Å². The first kappa shape index (κ1) is 14.4. The molecule has 0 spiro atoms. The molecule has 6 nitrogen and oxygen atoms in total. The number of hydrazine groups is 1. The van der Waals surface area contributed by atoms with Crippen molar-refractivity contribution in [3.8, 4) is 0 Å². The second kappa shape index (κ2) is 6.95. The number of hydrogen-bond donors (Lipinski definition) is 4. The number of nitrogens with zero attached hydrogens (tertiary/aromatic N) is 1. The summed E-state index contributed by atoms with van der Waals surface area (Å²) >= 11 is 4.98. The van der Waals surface area contributed by atoms with Crippen LogP contribution in [0.15, 0.2) is 6.07 Å². The van der Waals surface area contributed by atoms with Gasteiger partial charge in [-0.2, -0.15) is 5.10 Å². The summed E-state index contributed by atoms with van der Waals surface area (Å²) in [7, 11) is 0. The normalized spacial score (nSPS) is 10.2. The van der Waals surface area contributed by atoms with Gasteiger partial charge in [0.1, 0.15) is 0 Å². The molecular formula is C11H19N5OS. The molecule has 0 atom stereocenters. The van der Waals surface area contributed by atoms with Gasteiger partial charge in [-0.15, -0.1) is 0 Å². The number of aromatic amines is 1. The van der Waals surface area contributed by atoms with Crippen molar-refractivity contribution >= 4 is 23.2 Å². The minimum Gasteiger partial charge on any atom is -0.359 e. The van der Waals surface area contributed by atoms with Gasteiger partial charge in [0.25, 0.3) is 5.91 Å². The molecule has 0 aliphatic heterocycles. The van der Waals surface area contributed by atoms with Crippen molar-refractivity contribution in [1.82, 2.24) is 26.4 Å². The van der Waals surface area contributed by atoms with E-state index in [0.29, 0.717) is 10.8 Å². The molecule has 0 saturated heterocycles. The second-order valence-corrected chi connectivity index (χ2v) is 4.64. The van der Waals surface area contributed by atoms with Crippen molar-refractivity contribution in [3.05, 3.63) is 17.5 Å². The summed E-state index contributed by atoms with van der Waals surface area (Å²) in [4.78, 5) is 11.7. The summed E-state index contributed by atoms with van der Waals surface area (Å²) in [6.45, 7) is 5.99. The third-order valence-corrected chi connectivity index (χ3v) is 2.31. The lowest BCUT2D eigenvalue weighted by atomic mass is 10.2. The number of carbonyl (C=O) groups is 1. The molecular weight excluding hydrogens is 250 g/mol. The Hall–Kier alpha value is -1.63. The van der Waals surface area contributed by atoms with Crippen molar-refractivity contribution in [2.75, 3.05) is 0 Å². The lowest BCUT2D eigenvalue weighted by Crippen LogP contribution is -2.48. The largest absolute Gasteiger partial charge is 0.359 e. The van der Waals surface area contributed by atoms with E-state index in [1.165, 1.54) is 0 Å². The predicted octanol–water partition coefficient (Wildman–Crippen LogP) is 0.879. The summed E-state index contributed by atoms with van der Waals surface area (Å²) in [6.07, 6.45) is 1.88. The number of H-pyrrole nitrogens is 1. The summed E-state index contributed by atoms with van der Waals surface area (Å²) in [5.41, 5.74) is 6.40. The summed E-state index contributed by atoms with van der Waals surface area (Å²) < 4.78 is 0. The Bertz CT molecular complexity index is 415. The van der Waals surface area contributed by atoms with Gasteiger partial charge in [-0.1, -0.05) is 13.3 Å². The number of hydrogen-bond acceptors (Lipinski definition) is 3. The molecule has 4 N–H and O–H groups in total. The van der Waals surface area contributed by atoms with Gasteiger partial charge >= 0.3 is 0 Å². The maximum Gasteiger partial charge on any atom is 0.290 e. The van der Waals surface area contributed by atoms with Gasteiger partial charge in [0.2, 0.25) is 0 Å². The predicted molar refractivity (Wildman–Crippen MR) is 74.1 cm³/mol. The lowest BCUT2D eigenvalue weighted by molar-refractivity contribution is 0.0938. The standard InChI is InChI=1S/C11H19N5OS/c1-4-5-8-6-9(14-13-8)10(17)15-16-11(18)12-7(2)3/h6-7H,4-5H2,1-3H3,(H,13,14)(H,15,17)(H2,12,16,18). The van der Waals surface area contributed by atoms with Crippen LogP contribution in [0.1, 0.15) is 43.4 Å². The smallest absolute Gasteiger partial charge is 0.290 e. The van der Waals surface area contributed by atoms with Gasteiger partial charge in [0.15, 0.2) is 10.8 Å². The van der Waals surface area contributed by atoms with Crippen molar-refractivity contribution in [2.45, 2.75) is 39.7 Å². The third-order valence-electron chi connectivity index (χ3n) is 2.09. The minimum absolute atomic E-state index is 0.212. The number of aromatic nitrogens is 2. The highest BCUT2D eigenvalue weighted by Gasteiger charge is 2.10. The van der Waals surface area contributed by atoms with Crippen LogP contribution >= 0.6 is 12.2 Å². The van der Waals surface area contributed by atoms with E-state index in [1.807, 2.05) is 13.8 Å². The fraction of sp³-hybridized carbons (Fsp3) is 0.545. The van der Waals surface area contributed by atoms with E-state index in [0.717, 1.165) is 18.5 Å². The van der Waals surface area contributed by atoms with Crippen LogP contribution in [-0.4, -0.2) is 27.3 Å². The Balaban J connectivity index is 2.42. The Morgan fingerprint density at radius 2 is 2.22 bits per heavy atom. The first-order chi connectivity index (χ1) is 8.52. The SMILES string of the molecule is CCCc1cc(C(=O)NNC(=S)NC(C)C)n[nH]1. The van der Waals surface area contributed by atoms with Crippen LogP contribution < -0.4 is 16.2 Å². The number of aryl methyl sites for hydroxylation is 1. The summed E-state index contributed by atoms with van der Waals surface area (Å²) in [6, 6.07) is 1.95. The van der Waals surface area contributed by atoms with E-state index >= 15 is 0 Å². The van der Waals surface area contributed by atoms with Crippen molar-refractivity contribution in [3.63, 3.8) is 0 Å².